The minimum absolute atomic E-state index is 0.288. The Labute approximate surface area is 102 Å². The highest BCUT2D eigenvalue weighted by molar-refractivity contribution is 6.30. The van der Waals surface area contributed by atoms with Crippen molar-refractivity contribution in [2.75, 3.05) is 10.6 Å². The normalized spacial score (nSPS) is 10.0. The van der Waals surface area contributed by atoms with Gasteiger partial charge in [-0.05, 0) is 36.3 Å². The second kappa shape index (κ2) is 4.84. The van der Waals surface area contributed by atoms with Gasteiger partial charge in [0.15, 0.2) is 0 Å². The van der Waals surface area contributed by atoms with Gasteiger partial charge in [-0.3, -0.25) is 5.32 Å². The van der Waals surface area contributed by atoms with Gasteiger partial charge < -0.3 is 5.32 Å². The van der Waals surface area contributed by atoms with E-state index in [2.05, 4.69) is 25.6 Å². The van der Waals surface area contributed by atoms with E-state index in [4.69, 9.17) is 11.6 Å². The third kappa shape index (κ3) is 2.94. The molecule has 1 aromatic heterocycles. The Balaban J connectivity index is 1.98. The number of anilines is 2. The van der Waals surface area contributed by atoms with Crippen molar-refractivity contribution < 1.29 is 9.42 Å². The van der Waals surface area contributed by atoms with E-state index in [1.807, 2.05) is 0 Å². The summed E-state index contributed by atoms with van der Waals surface area (Å²) in [6.07, 6.45) is 0. The Bertz CT molecular complexity index is 523. The summed E-state index contributed by atoms with van der Waals surface area (Å²) in [7, 11) is 0. The number of carbonyl (C=O) groups is 1. The lowest BCUT2D eigenvalue weighted by Gasteiger charge is -2.05. The average molecular weight is 253 g/mol. The predicted molar refractivity (Wildman–Crippen MR) is 63.1 cm³/mol. The SMILES string of the molecule is Cc1nonc1NC(=O)Nc1ccc(Cl)cc1. The van der Waals surface area contributed by atoms with Gasteiger partial charge in [0.2, 0.25) is 5.82 Å². The molecular formula is C10H9ClN4O2. The first-order valence-corrected chi connectivity index (χ1v) is 5.15. The molecule has 0 aliphatic heterocycles. The van der Waals surface area contributed by atoms with E-state index in [1.54, 1.807) is 31.2 Å². The van der Waals surface area contributed by atoms with Crippen molar-refractivity contribution in [1.29, 1.82) is 0 Å². The molecule has 2 amide bonds. The summed E-state index contributed by atoms with van der Waals surface area (Å²) in [5.41, 5.74) is 1.14. The average Bonchev–Trinajstić information content (AvgIpc) is 2.68. The van der Waals surface area contributed by atoms with Crippen LogP contribution in [0.25, 0.3) is 0 Å². The summed E-state index contributed by atoms with van der Waals surface area (Å²) in [6.45, 7) is 1.68. The van der Waals surface area contributed by atoms with Crippen LogP contribution in [0, 0.1) is 6.92 Å². The lowest BCUT2D eigenvalue weighted by atomic mass is 10.3. The molecule has 0 bridgehead atoms. The third-order valence-electron chi connectivity index (χ3n) is 1.99. The number of carbonyl (C=O) groups excluding carboxylic acids is 1. The van der Waals surface area contributed by atoms with Crippen molar-refractivity contribution in [3.05, 3.63) is 35.0 Å². The van der Waals surface area contributed by atoms with Gasteiger partial charge in [0.1, 0.15) is 5.69 Å². The molecule has 0 saturated heterocycles. The van der Waals surface area contributed by atoms with Crippen LogP contribution in [-0.2, 0) is 0 Å². The first-order chi connectivity index (χ1) is 8.15. The first kappa shape index (κ1) is 11.4. The number of halogens is 1. The van der Waals surface area contributed by atoms with Crippen LogP contribution >= 0.6 is 11.6 Å². The van der Waals surface area contributed by atoms with Gasteiger partial charge in [0.05, 0.1) is 0 Å². The number of rotatable bonds is 2. The van der Waals surface area contributed by atoms with Crippen molar-refractivity contribution in [2.24, 2.45) is 0 Å². The third-order valence-corrected chi connectivity index (χ3v) is 2.24. The first-order valence-electron chi connectivity index (χ1n) is 4.78. The Morgan fingerprint density at radius 3 is 2.53 bits per heavy atom. The zero-order valence-corrected chi connectivity index (χ0v) is 9.65. The largest absolute Gasteiger partial charge is 0.324 e. The number of nitrogens with one attached hydrogen (secondary N) is 2. The van der Waals surface area contributed by atoms with Crippen molar-refractivity contribution in [3.8, 4) is 0 Å². The van der Waals surface area contributed by atoms with E-state index in [9.17, 15) is 4.79 Å². The molecule has 0 spiro atoms. The maximum absolute atomic E-state index is 11.6. The van der Waals surface area contributed by atoms with Crippen LogP contribution in [0.1, 0.15) is 5.69 Å². The molecule has 1 aromatic carbocycles. The lowest BCUT2D eigenvalue weighted by molar-refractivity contribution is 0.261. The van der Waals surface area contributed by atoms with E-state index >= 15 is 0 Å². The summed E-state index contributed by atoms with van der Waals surface area (Å²) in [5, 5.41) is 12.8. The number of hydrogen-bond donors (Lipinski definition) is 2. The predicted octanol–water partition coefficient (Wildman–Crippen LogP) is 2.68. The van der Waals surface area contributed by atoms with Crippen LogP contribution < -0.4 is 10.6 Å². The van der Waals surface area contributed by atoms with E-state index in [0.717, 1.165) is 0 Å². The number of nitrogens with zero attached hydrogens (tertiary/aromatic N) is 2. The standard InChI is InChI=1S/C10H9ClN4O2/c1-6-9(15-17-14-6)13-10(16)12-8-4-2-7(11)3-5-8/h2-5H,1H3,(H2,12,13,15,16). The quantitative estimate of drug-likeness (QED) is 0.861. The van der Waals surface area contributed by atoms with Gasteiger partial charge in [-0.25, -0.2) is 9.42 Å². The maximum Gasteiger partial charge on any atom is 0.324 e. The van der Waals surface area contributed by atoms with Gasteiger partial charge in [0.25, 0.3) is 0 Å². The molecule has 0 atom stereocenters. The summed E-state index contributed by atoms with van der Waals surface area (Å²) >= 11 is 5.73. The number of urea groups is 1. The molecule has 2 aromatic rings. The van der Waals surface area contributed by atoms with Crippen LogP contribution in [0.2, 0.25) is 5.02 Å². The number of aromatic nitrogens is 2. The highest BCUT2D eigenvalue weighted by atomic mass is 35.5. The van der Waals surface area contributed by atoms with Crippen molar-refractivity contribution in [3.63, 3.8) is 0 Å². The summed E-state index contributed by atoms with van der Waals surface area (Å²) in [5.74, 6) is 0.288. The number of amides is 2. The zero-order chi connectivity index (χ0) is 12.3. The summed E-state index contributed by atoms with van der Waals surface area (Å²) in [4.78, 5) is 11.6. The van der Waals surface area contributed by atoms with Gasteiger partial charge in [-0.1, -0.05) is 16.8 Å². The van der Waals surface area contributed by atoms with Crippen LogP contribution in [0.4, 0.5) is 16.3 Å². The van der Waals surface area contributed by atoms with Gasteiger partial charge in [-0.2, -0.15) is 0 Å². The minimum atomic E-state index is -0.425. The molecule has 0 aliphatic rings. The topological polar surface area (TPSA) is 80.1 Å². The molecule has 0 unspecified atom stereocenters. The Morgan fingerprint density at radius 2 is 1.94 bits per heavy atom. The van der Waals surface area contributed by atoms with Gasteiger partial charge >= 0.3 is 6.03 Å². The van der Waals surface area contributed by atoms with Crippen molar-refractivity contribution in [1.82, 2.24) is 10.3 Å². The van der Waals surface area contributed by atoms with Crippen LogP contribution in [0.15, 0.2) is 28.9 Å². The summed E-state index contributed by atoms with van der Waals surface area (Å²) < 4.78 is 4.45. The second-order valence-corrected chi connectivity index (χ2v) is 3.72. The van der Waals surface area contributed by atoms with Gasteiger partial charge in [0, 0.05) is 10.7 Å². The van der Waals surface area contributed by atoms with Crippen molar-refractivity contribution >= 4 is 29.1 Å². The lowest BCUT2D eigenvalue weighted by Crippen LogP contribution is -2.20. The fraction of sp³-hybridized carbons (Fsp3) is 0.100. The zero-order valence-electron chi connectivity index (χ0n) is 8.90. The van der Waals surface area contributed by atoms with Crippen LogP contribution in [0.5, 0.6) is 0 Å². The number of hydrogen-bond acceptors (Lipinski definition) is 4. The van der Waals surface area contributed by atoms with E-state index in [-0.39, 0.29) is 5.82 Å². The Kier molecular flexibility index (Phi) is 3.24. The molecule has 0 aliphatic carbocycles. The summed E-state index contributed by atoms with van der Waals surface area (Å²) in [6, 6.07) is 6.32. The van der Waals surface area contributed by atoms with Gasteiger partial charge in [-0.15, -0.1) is 0 Å². The molecule has 88 valence electrons. The van der Waals surface area contributed by atoms with Crippen molar-refractivity contribution in [2.45, 2.75) is 6.92 Å². The Hall–Kier alpha value is -2.08. The van der Waals surface area contributed by atoms with Crippen LogP contribution in [0.3, 0.4) is 0 Å². The molecule has 7 heteroatoms. The fourth-order valence-electron chi connectivity index (χ4n) is 1.15. The molecule has 2 N–H and O–H groups in total. The molecule has 2 rings (SSSR count). The number of benzene rings is 1. The second-order valence-electron chi connectivity index (χ2n) is 3.28. The molecular weight excluding hydrogens is 244 g/mol. The van der Waals surface area contributed by atoms with Crippen LogP contribution in [-0.4, -0.2) is 16.3 Å². The molecule has 17 heavy (non-hydrogen) atoms. The van der Waals surface area contributed by atoms with E-state index < -0.39 is 6.03 Å². The fourth-order valence-corrected chi connectivity index (χ4v) is 1.27. The highest BCUT2D eigenvalue weighted by Gasteiger charge is 2.09. The highest BCUT2D eigenvalue weighted by Crippen LogP contribution is 2.14. The minimum Gasteiger partial charge on any atom is -0.308 e. The molecule has 0 saturated carbocycles. The molecule has 0 fully saturated rings. The van der Waals surface area contributed by atoms with E-state index in [0.29, 0.717) is 16.4 Å². The Morgan fingerprint density at radius 1 is 1.24 bits per heavy atom. The molecule has 0 radical (unpaired) electrons. The number of aryl methyl sites for hydroxylation is 1. The maximum atomic E-state index is 11.6. The van der Waals surface area contributed by atoms with E-state index in [1.165, 1.54) is 0 Å². The molecule has 6 nitrogen and oxygen atoms in total. The monoisotopic (exact) mass is 252 g/mol. The smallest absolute Gasteiger partial charge is 0.308 e. The molecule has 1 heterocycles.